The van der Waals surface area contributed by atoms with Crippen molar-refractivity contribution in [2.45, 2.75) is 26.3 Å². The summed E-state index contributed by atoms with van der Waals surface area (Å²) >= 11 is 6.67. The molecule has 2 heterocycles. The van der Waals surface area contributed by atoms with Crippen molar-refractivity contribution in [3.63, 3.8) is 0 Å². The Morgan fingerprint density at radius 3 is 2.52 bits per heavy atom. The van der Waals surface area contributed by atoms with Crippen molar-refractivity contribution < 1.29 is 33.3 Å². The van der Waals surface area contributed by atoms with Crippen molar-refractivity contribution in [2.75, 3.05) is 46.1 Å². The van der Waals surface area contributed by atoms with Gasteiger partial charge in [0.25, 0.3) is 11.8 Å². The molecule has 0 aromatic heterocycles. The first kappa shape index (κ1) is 29.6. The average Bonchev–Trinajstić information content (AvgIpc) is 3.24. The van der Waals surface area contributed by atoms with E-state index < -0.39 is 12.0 Å². The number of hydrogen-bond donors (Lipinski definition) is 0. The van der Waals surface area contributed by atoms with E-state index in [0.29, 0.717) is 66.9 Å². The Hall–Kier alpha value is -3.41. The number of carbonyl (C=O) groups excluding carboxylic acids is 3. The Kier molecular flexibility index (Phi) is 10.6. The van der Waals surface area contributed by atoms with Crippen LogP contribution in [0.5, 0.6) is 11.5 Å². The minimum atomic E-state index is -0.982. The van der Waals surface area contributed by atoms with Crippen molar-refractivity contribution >= 4 is 52.2 Å². The minimum Gasteiger partial charge on any atom is -0.490 e. The largest absolute Gasteiger partial charge is 0.490 e. The molecule has 2 aliphatic heterocycles. The Morgan fingerprint density at radius 1 is 1.07 bits per heavy atom. The third-order valence-corrected chi connectivity index (χ3v) is 7.48. The lowest BCUT2D eigenvalue weighted by atomic mass is 10.1. The third-order valence-electron chi connectivity index (χ3n) is 6.15. The van der Waals surface area contributed by atoms with Gasteiger partial charge in [-0.05, 0) is 42.7 Å². The molecule has 9 nitrogen and oxygen atoms in total. The standard InChI is InChI=1S/C29H32N2O7S2/c1-3-14-37-28(34)26(21-8-6-5-7-9-21)31-27(33)24(40-29(31)39)18-20-10-11-22(23(17-20)36-4-2)38-19-25(32)30-12-15-35-16-13-30/h5-11,17-18,26H,3-4,12-16,19H2,1-2H3/b24-18+. The summed E-state index contributed by atoms with van der Waals surface area (Å²) in [6, 6.07) is 13.2. The molecule has 212 valence electrons. The van der Waals surface area contributed by atoms with E-state index >= 15 is 0 Å². The summed E-state index contributed by atoms with van der Waals surface area (Å²) in [5.41, 5.74) is 1.30. The second-order valence-electron chi connectivity index (χ2n) is 8.95. The van der Waals surface area contributed by atoms with Crippen molar-refractivity contribution in [1.82, 2.24) is 9.80 Å². The van der Waals surface area contributed by atoms with Gasteiger partial charge in [-0.25, -0.2) is 4.79 Å². The van der Waals surface area contributed by atoms with E-state index in [0.717, 1.165) is 11.8 Å². The highest BCUT2D eigenvalue weighted by Gasteiger charge is 2.42. The van der Waals surface area contributed by atoms with Gasteiger partial charge in [-0.15, -0.1) is 0 Å². The summed E-state index contributed by atoms with van der Waals surface area (Å²) < 4.78 is 22.5. The number of morpholine rings is 1. The van der Waals surface area contributed by atoms with Crippen molar-refractivity contribution in [3.8, 4) is 11.5 Å². The molecule has 0 radical (unpaired) electrons. The fourth-order valence-electron chi connectivity index (χ4n) is 4.21. The maximum Gasteiger partial charge on any atom is 0.333 e. The van der Waals surface area contributed by atoms with Gasteiger partial charge in [0, 0.05) is 13.1 Å². The van der Waals surface area contributed by atoms with Crippen LogP contribution in [0.15, 0.2) is 53.4 Å². The van der Waals surface area contributed by atoms with Crippen LogP contribution in [0.2, 0.25) is 0 Å². The van der Waals surface area contributed by atoms with Crippen LogP contribution < -0.4 is 9.47 Å². The number of amides is 2. The smallest absolute Gasteiger partial charge is 0.333 e. The van der Waals surface area contributed by atoms with Gasteiger partial charge in [0.2, 0.25) is 0 Å². The maximum absolute atomic E-state index is 13.6. The Labute approximate surface area is 243 Å². The second-order valence-corrected chi connectivity index (χ2v) is 10.6. The Balaban J connectivity index is 1.53. The highest BCUT2D eigenvalue weighted by Crippen LogP contribution is 2.39. The Morgan fingerprint density at radius 2 is 1.82 bits per heavy atom. The molecule has 2 amide bonds. The van der Waals surface area contributed by atoms with Gasteiger partial charge in [-0.3, -0.25) is 14.5 Å². The van der Waals surface area contributed by atoms with Crippen molar-refractivity contribution in [2.24, 2.45) is 0 Å². The van der Waals surface area contributed by atoms with Gasteiger partial charge in [0.15, 0.2) is 24.1 Å². The number of thioether (sulfide) groups is 1. The first-order chi connectivity index (χ1) is 19.4. The molecule has 2 aliphatic rings. The lowest BCUT2D eigenvalue weighted by Gasteiger charge is -2.26. The summed E-state index contributed by atoms with van der Waals surface area (Å²) in [6.45, 7) is 6.39. The number of rotatable bonds is 11. The third kappa shape index (κ3) is 7.21. The number of thiocarbonyl (C=S) groups is 1. The molecule has 40 heavy (non-hydrogen) atoms. The summed E-state index contributed by atoms with van der Waals surface area (Å²) in [4.78, 5) is 42.5. The van der Waals surface area contributed by atoms with E-state index in [4.69, 9.17) is 31.2 Å². The molecule has 0 aliphatic carbocycles. The number of ether oxygens (including phenoxy) is 4. The van der Waals surface area contributed by atoms with Crippen LogP contribution in [0.3, 0.4) is 0 Å². The molecule has 2 aromatic rings. The molecule has 2 aromatic carbocycles. The van der Waals surface area contributed by atoms with Crippen LogP contribution in [0.1, 0.15) is 37.4 Å². The average molecular weight is 585 g/mol. The number of esters is 1. The maximum atomic E-state index is 13.6. The van der Waals surface area contributed by atoms with Gasteiger partial charge in [0.1, 0.15) is 4.32 Å². The van der Waals surface area contributed by atoms with Crippen LogP contribution in [0.25, 0.3) is 6.08 Å². The first-order valence-electron chi connectivity index (χ1n) is 13.2. The van der Waals surface area contributed by atoms with Gasteiger partial charge in [-0.1, -0.05) is 67.3 Å². The highest BCUT2D eigenvalue weighted by molar-refractivity contribution is 8.26. The molecule has 0 saturated carbocycles. The van der Waals surface area contributed by atoms with Gasteiger partial charge in [0.05, 0.1) is 31.3 Å². The van der Waals surface area contributed by atoms with E-state index in [-0.39, 0.29) is 29.3 Å². The summed E-state index contributed by atoms with van der Waals surface area (Å²) in [5, 5.41) is 0. The topological polar surface area (TPSA) is 94.6 Å². The number of nitrogens with zero attached hydrogens (tertiary/aromatic N) is 2. The van der Waals surface area contributed by atoms with Crippen LogP contribution >= 0.6 is 24.0 Å². The van der Waals surface area contributed by atoms with Gasteiger partial charge < -0.3 is 23.8 Å². The summed E-state index contributed by atoms with van der Waals surface area (Å²) in [6.07, 6.45) is 2.36. The van der Waals surface area contributed by atoms with Gasteiger partial charge in [-0.2, -0.15) is 0 Å². The van der Waals surface area contributed by atoms with E-state index in [2.05, 4.69) is 0 Å². The molecular weight excluding hydrogens is 552 g/mol. The molecule has 0 N–H and O–H groups in total. The fourth-order valence-corrected chi connectivity index (χ4v) is 5.52. The summed E-state index contributed by atoms with van der Waals surface area (Å²) in [7, 11) is 0. The molecule has 1 atom stereocenters. The first-order valence-corrected chi connectivity index (χ1v) is 14.4. The zero-order valence-corrected chi connectivity index (χ0v) is 24.1. The molecule has 2 saturated heterocycles. The van der Waals surface area contributed by atoms with Gasteiger partial charge >= 0.3 is 5.97 Å². The molecule has 0 bridgehead atoms. The molecule has 2 fully saturated rings. The zero-order valence-electron chi connectivity index (χ0n) is 22.5. The predicted molar refractivity (Wildman–Crippen MR) is 156 cm³/mol. The van der Waals surface area contributed by atoms with E-state index in [1.807, 2.05) is 19.9 Å². The lowest BCUT2D eigenvalue weighted by Crippen LogP contribution is -2.43. The predicted octanol–water partition coefficient (Wildman–Crippen LogP) is 4.22. The summed E-state index contributed by atoms with van der Waals surface area (Å²) in [5.74, 6) is -0.157. The number of hydrogen-bond acceptors (Lipinski definition) is 9. The van der Waals surface area contributed by atoms with Crippen molar-refractivity contribution in [3.05, 3.63) is 64.6 Å². The molecule has 11 heteroatoms. The SMILES string of the molecule is CCCOC(=O)C(c1ccccc1)N1C(=O)/C(=C\c2ccc(OCC(=O)N3CCOCC3)c(OCC)c2)SC1=S. The monoisotopic (exact) mass is 584 g/mol. The lowest BCUT2D eigenvalue weighted by molar-refractivity contribution is -0.151. The number of benzene rings is 2. The van der Waals surface area contributed by atoms with Crippen LogP contribution in [0.4, 0.5) is 0 Å². The van der Waals surface area contributed by atoms with Crippen molar-refractivity contribution in [1.29, 1.82) is 0 Å². The molecule has 4 rings (SSSR count). The fraction of sp³-hybridized carbons (Fsp3) is 0.379. The quantitative estimate of drug-likeness (QED) is 0.219. The van der Waals surface area contributed by atoms with E-state index in [9.17, 15) is 14.4 Å². The second kappa shape index (κ2) is 14.3. The normalized spacial score (nSPS) is 17.2. The van der Waals surface area contributed by atoms with Crippen LogP contribution in [-0.2, 0) is 23.9 Å². The van der Waals surface area contributed by atoms with E-state index in [1.165, 1.54) is 4.90 Å². The van der Waals surface area contributed by atoms with E-state index in [1.54, 1.807) is 53.4 Å². The number of carbonyl (C=O) groups is 3. The minimum absolute atomic E-state index is 0.118. The van der Waals surface area contributed by atoms with Crippen LogP contribution in [-0.4, -0.2) is 78.0 Å². The Bertz CT molecular complexity index is 1260. The zero-order chi connectivity index (χ0) is 28.5. The molecule has 1 unspecified atom stereocenters. The highest BCUT2D eigenvalue weighted by atomic mass is 32.2. The van der Waals surface area contributed by atoms with Crippen LogP contribution in [0, 0.1) is 0 Å². The molecule has 0 spiro atoms. The molecular formula is C29H32N2O7S2.